The van der Waals surface area contributed by atoms with Gasteiger partial charge in [0.05, 0.1) is 0 Å². The zero-order valence-corrected chi connectivity index (χ0v) is 10.4. The van der Waals surface area contributed by atoms with E-state index in [0.717, 1.165) is 6.07 Å². The van der Waals surface area contributed by atoms with Crippen LogP contribution < -0.4 is 4.74 Å². The van der Waals surface area contributed by atoms with Gasteiger partial charge in [-0.15, -0.1) is 0 Å². The summed E-state index contributed by atoms with van der Waals surface area (Å²) in [6, 6.07) is 4.04. The molecule has 0 aliphatic rings. The van der Waals surface area contributed by atoms with Crippen LogP contribution in [-0.4, -0.2) is 5.16 Å². The average Bonchev–Trinajstić information content (AvgIpc) is 2.67. The third kappa shape index (κ3) is 2.82. The first-order chi connectivity index (χ1) is 8.06. The Morgan fingerprint density at radius 3 is 2.76 bits per heavy atom. The van der Waals surface area contributed by atoms with Gasteiger partial charge in [-0.05, 0) is 19.1 Å². The number of hydrogen-bond acceptors (Lipinski definition) is 3. The van der Waals surface area contributed by atoms with Crippen LogP contribution in [-0.2, 0) is 6.61 Å². The lowest BCUT2D eigenvalue weighted by molar-refractivity contribution is 0.270. The van der Waals surface area contributed by atoms with Crippen molar-refractivity contribution in [2.45, 2.75) is 13.5 Å². The Morgan fingerprint density at radius 1 is 1.35 bits per heavy atom. The highest BCUT2D eigenvalue weighted by atomic mass is 79.9. The minimum Gasteiger partial charge on any atom is -0.484 e. The number of benzene rings is 1. The molecule has 0 fully saturated rings. The van der Waals surface area contributed by atoms with Gasteiger partial charge in [0.2, 0.25) is 5.82 Å². The average molecular weight is 304 g/mol. The molecule has 0 saturated heterocycles. The molecule has 0 spiro atoms. The Kier molecular flexibility index (Phi) is 3.42. The van der Waals surface area contributed by atoms with E-state index in [1.165, 1.54) is 6.07 Å². The zero-order chi connectivity index (χ0) is 12.4. The van der Waals surface area contributed by atoms with Gasteiger partial charge in [-0.1, -0.05) is 21.1 Å². The Hall–Kier alpha value is -1.43. The molecular weight excluding hydrogens is 296 g/mol. The third-order valence-corrected chi connectivity index (χ3v) is 2.47. The van der Waals surface area contributed by atoms with Crippen LogP contribution in [0, 0.1) is 18.6 Å². The second-order valence-corrected chi connectivity index (χ2v) is 4.33. The molecule has 1 heterocycles. The predicted molar refractivity (Wildman–Crippen MR) is 59.6 cm³/mol. The Bertz CT molecular complexity index is 542. The van der Waals surface area contributed by atoms with Crippen molar-refractivity contribution in [3.8, 4) is 5.75 Å². The standard InChI is InChI=1S/C11H8BrF2NO2/c1-6-2-8(15-17-6)5-16-10-4-7(12)3-9(13)11(10)14/h2-4H,5H2,1H3. The molecule has 90 valence electrons. The van der Waals surface area contributed by atoms with Crippen molar-refractivity contribution in [2.75, 3.05) is 0 Å². The van der Waals surface area contributed by atoms with Gasteiger partial charge in [-0.2, -0.15) is 4.39 Å². The summed E-state index contributed by atoms with van der Waals surface area (Å²) in [7, 11) is 0. The summed E-state index contributed by atoms with van der Waals surface area (Å²) >= 11 is 3.06. The van der Waals surface area contributed by atoms with E-state index >= 15 is 0 Å². The quantitative estimate of drug-likeness (QED) is 0.813. The Morgan fingerprint density at radius 2 is 2.12 bits per heavy atom. The van der Waals surface area contributed by atoms with Crippen LogP contribution in [0.4, 0.5) is 8.78 Å². The molecule has 0 amide bonds. The maximum atomic E-state index is 13.3. The molecule has 0 radical (unpaired) electrons. The summed E-state index contributed by atoms with van der Waals surface area (Å²) in [5, 5.41) is 3.68. The summed E-state index contributed by atoms with van der Waals surface area (Å²) in [4.78, 5) is 0. The van der Waals surface area contributed by atoms with Crippen molar-refractivity contribution in [3.05, 3.63) is 45.8 Å². The molecule has 0 aliphatic carbocycles. The molecule has 6 heteroatoms. The second kappa shape index (κ2) is 4.83. The molecule has 0 unspecified atom stereocenters. The molecule has 2 rings (SSSR count). The van der Waals surface area contributed by atoms with E-state index in [4.69, 9.17) is 9.26 Å². The summed E-state index contributed by atoms with van der Waals surface area (Å²) in [5.74, 6) is -1.53. The Labute approximate surface area is 104 Å². The van der Waals surface area contributed by atoms with E-state index < -0.39 is 11.6 Å². The van der Waals surface area contributed by atoms with Gasteiger partial charge < -0.3 is 9.26 Å². The van der Waals surface area contributed by atoms with Gasteiger partial charge in [0.25, 0.3) is 0 Å². The number of hydrogen-bond donors (Lipinski definition) is 0. The van der Waals surface area contributed by atoms with Crippen LogP contribution in [0.1, 0.15) is 11.5 Å². The van der Waals surface area contributed by atoms with Crippen LogP contribution in [0.5, 0.6) is 5.75 Å². The molecule has 0 aliphatic heterocycles. The third-order valence-electron chi connectivity index (χ3n) is 2.01. The summed E-state index contributed by atoms with van der Waals surface area (Å²) < 4.78 is 36.7. The maximum Gasteiger partial charge on any atom is 0.200 e. The van der Waals surface area contributed by atoms with Crippen molar-refractivity contribution in [1.29, 1.82) is 0 Å². The van der Waals surface area contributed by atoms with Crippen molar-refractivity contribution in [2.24, 2.45) is 0 Å². The normalized spacial score (nSPS) is 10.6. The molecule has 1 aromatic carbocycles. The lowest BCUT2D eigenvalue weighted by Gasteiger charge is -2.06. The van der Waals surface area contributed by atoms with Crippen molar-refractivity contribution >= 4 is 15.9 Å². The first-order valence-electron chi connectivity index (χ1n) is 4.76. The number of aromatic nitrogens is 1. The van der Waals surface area contributed by atoms with Gasteiger partial charge in [0, 0.05) is 10.5 Å². The fourth-order valence-corrected chi connectivity index (χ4v) is 1.68. The first-order valence-corrected chi connectivity index (χ1v) is 5.55. The van der Waals surface area contributed by atoms with Crippen LogP contribution in [0.15, 0.2) is 27.2 Å². The van der Waals surface area contributed by atoms with Crippen molar-refractivity contribution in [1.82, 2.24) is 5.16 Å². The number of nitrogens with zero attached hydrogens (tertiary/aromatic N) is 1. The number of ether oxygens (including phenoxy) is 1. The molecular formula is C11H8BrF2NO2. The molecule has 0 bridgehead atoms. The van der Waals surface area contributed by atoms with E-state index in [2.05, 4.69) is 21.1 Å². The van der Waals surface area contributed by atoms with Gasteiger partial charge in [0.15, 0.2) is 11.6 Å². The summed E-state index contributed by atoms with van der Waals surface area (Å²) in [6.07, 6.45) is 0. The first kappa shape index (κ1) is 12.0. The SMILES string of the molecule is Cc1cc(COc2cc(Br)cc(F)c2F)no1. The molecule has 3 nitrogen and oxygen atoms in total. The molecule has 0 N–H and O–H groups in total. The van der Waals surface area contributed by atoms with E-state index in [-0.39, 0.29) is 12.4 Å². The molecule has 1 aromatic heterocycles. The highest BCUT2D eigenvalue weighted by molar-refractivity contribution is 9.10. The number of aryl methyl sites for hydroxylation is 1. The van der Waals surface area contributed by atoms with Crippen molar-refractivity contribution in [3.63, 3.8) is 0 Å². The van der Waals surface area contributed by atoms with E-state index in [9.17, 15) is 8.78 Å². The fraction of sp³-hybridized carbons (Fsp3) is 0.182. The summed E-state index contributed by atoms with van der Waals surface area (Å²) in [6.45, 7) is 1.75. The monoisotopic (exact) mass is 303 g/mol. The number of rotatable bonds is 3. The van der Waals surface area contributed by atoms with Gasteiger partial charge in [0.1, 0.15) is 18.1 Å². The summed E-state index contributed by atoms with van der Waals surface area (Å²) in [5.41, 5.74) is 0.516. The van der Waals surface area contributed by atoms with E-state index in [1.807, 2.05) is 0 Å². The van der Waals surface area contributed by atoms with Gasteiger partial charge >= 0.3 is 0 Å². The van der Waals surface area contributed by atoms with Gasteiger partial charge in [-0.25, -0.2) is 4.39 Å². The maximum absolute atomic E-state index is 13.3. The fourth-order valence-electron chi connectivity index (χ4n) is 1.28. The highest BCUT2D eigenvalue weighted by Crippen LogP contribution is 2.25. The zero-order valence-electron chi connectivity index (χ0n) is 8.84. The van der Waals surface area contributed by atoms with Crippen LogP contribution in [0.2, 0.25) is 0 Å². The Balaban J connectivity index is 2.14. The lowest BCUT2D eigenvalue weighted by Crippen LogP contribution is -1.99. The van der Waals surface area contributed by atoms with Crippen LogP contribution in [0.3, 0.4) is 0 Å². The minimum atomic E-state index is -1.02. The predicted octanol–water partition coefficient (Wildman–Crippen LogP) is 3.60. The van der Waals surface area contributed by atoms with E-state index in [0.29, 0.717) is 15.9 Å². The molecule has 17 heavy (non-hydrogen) atoms. The van der Waals surface area contributed by atoms with Crippen LogP contribution in [0.25, 0.3) is 0 Å². The minimum absolute atomic E-state index is 0.0180. The molecule has 0 saturated carbocycles. The lowest BCUT2D eigenvalue weighted by atomic mass is 10.3. The molecule has 2 aromatic rings. The molecule has 0 atom stereocenters. The van der Waals surface area contributed by atoms with Gasteiger partial charge in [-0.3, -0.25) is 0 Å². The largest absolute Gasteiger partial charge is 0.484 e. The number of halogens is 3. The topological polar surface area (TPSA) is 35.3 Å². The van der Waals surface area contributed by atoms with Crippen LogP contribution >= 0.6 is 15.9 Å². The second-order valence-electron chi connectivity index (χ2n) is 3.42. The van der Waals surface area contributed by atoms with E-state index in [1.54, 1.807) is 13.0 Å². The highest BCUT2D eigenvalue weighted by Gasteiger charge is 2.12. The van der Waals surface area contributed by atoms with Crippen molar-refractivity contribution < 1.29 is 18.0 Å². The smallest absolute Gasteiger partial charge is 0.200 e.